The van der Waals surface area contributed by atoms with Crippen molar-refractivity contribution >= 4 is 5.97 Å². The maximum Gasteiger partial charge on any atom is 0.355 e. The average molecular weight is 277 g/mol. The molecular formula is C14H19N3O3. The monoisotopic (exact) mass is 277 g/mol. The number of aryl methyl sites for hydroxylation is 1. The van der Waals surface area contributed by atoms with Crippen molar-refractivity contribution in [1.82, 2.24) is 14.7 Å². The van der Waals surface area contributed by atoms with Crippen molar-refractivity contribution in [3.63, 3.8) is 0 Å². The van der Waals surface area contributed by atoms with E-state index in [4.69, 9.17) is 9.26 Å². The Bertz CT molecular complexity index is 599. The number of carbonyl (C=O) groups is 1. The van der Waals surface area contributed by atoms with Crippen molar-refractivity contribution in [2.24, 2.45) is 13.0 Å². The normalized spacial score (nSPS) is 11.1. The van der Waals surface area contributed by atoms with Crippen molar-refractivity contribution in [2.45, 2.75) is 33.8 Å². The summed E-state index contributed by atoms with van der Waals surface area (Å²) in [6.45, 7) is 6.07. The Hall–Kier alpha value is -2.11. The molecule has 2 rings (SSSR count). The summed E-state index contributed by atoms with van der Waals surface area (Å²) in [5.74, 6) is 1.01. The Balaban J connectivity index is 1.93. The van der Waals surface area contributed by atoms with Gasteiger partial charge in [0, 0.05) is 19.2 Å². The van der Waals surface area contributed by atoms with Gasteiger partial charge >= 0.3 is 5.97 Å². The van der Waals surface area contributed by atoms with Gasteiger partial charge in [0.2, 0.25) is 0 Å². The van der Waals surface area contributed by atoms with Gasteiger partial charge in [-0.3, -0.25) is 0 Å². The molecule has 0 bridgehead atoms. The van der Waals surface area contributed by atoms with Crippen LogP contribution in [0.3, 0.4) is 0 Å². The third-order valence-electron chi connectivity index (χ3n) is 3.01. The molecular weight excluding hydrogens is 258 g/mol. The van der Waals surface area contributed by atoms with Crippen LogP contribution in [0, 0.1) is 12.8 Å². The molecule has 0 atom stereocenters. The molecule has 20 heavy (non-hydrogen) atoms. The summed E-state index contributed by atoms with van der Waals surface area (Å²) in [6.07, 6.45) is 0.744. The Morgan fingerprint density at radius 1 is 1.45 bits per heavy atom. The van der Waals surface area contributed by atoms with E-state index in [1.54, 1.807) is 10.6 Å². The molecule has 6 nitrogen and oxygen atoms in total. The summed E-state index contributed by atoms with van der Waals surface area (Å²) in [5, 5.41) is 3.85. The van der Waals surface area contributed by atoms with Crippen LogP contribution in [0.2, 0.25) is 0 Å². The van der Waals surface area contributed by atoms with Crippen molar-refractivity contribution in [3.8, 4) is 0 Å². The minimum atomic E-state index is -0.399. The summed E-state index contributed by atoms with van der Waals surface area (Å²) < 4.78 is 12.0. The Morgan fingerprint density at radius 2 is 2.20 bits per heavy atom. The van der Waals surface area contributed by atoms with E-state index in [0.717, 1.165) is 12.1 Å². The number of hydrogen-bond acceptors (Lipinski definition) is 5. The number of rotatable bonds is 5. The molecule has 0 saturated heterocycles. The topological polar surface area (TPSA) is 70.2 Å². The summed E-state index contributed by atoms with van der Waals surface area (Å²) in [6, 6.07) is 3.60. The SMILES string of the molecule is Cc1ccc(C(=O)OCc2nc(CC(C)C)no2)n1C. The van der Waals surface area contributed by atoms with Crippen LogP contribution in [0.4, 0.5) is 0 Å². The zero-order valence-electron chi connectivity index (χ0n) is 12.2. The van der Waals surface area contributed by atoms with Crippen LogP contribution in [0.5, 0.6) is 0 Å². The van der Waals surface area contributed by atoms with Gasteiger partial charge in [-0.2, -0.15) is 4.98 Å². The molecule has 0 radical (unpaired) electrons. The molecule has 0 unspecified atom stereocenters. The minimum absolute atomic E-state index is 0.00580. The van der Waals surface area contributed by atoms with E-state index in [-0.39, 0.29) is 6.61 Å². The molecule has 2 aromatic heterocycles. The van der Waals surface area contributed by atoms with Gasteiger partial charge in [-0.1, -0.05) is 19.0 Å². The number of nitrogens with zero attached hydrogens (tertiary/aromatic N) is 3. The van der Waals surface area contributed by atoms with Gasteiger partial charge < -0.3 is 13.8 Å². The Labute approximate surface area is 117 Å². The standard InChI is InChI=1S/C14H19N3O3/c1-9(2)7-12-15-13(20-16-12)8-19-14(18)11-6-5-10(3)17(11)4/h5-6,9H,7-8H2,1-4H3. The van der Waals surface area contributed by atoms with Gasteiger partial charge in [-0.25, -0.2) is 4.79 Å². The van der Waals surface area contributed by atoms with E-state index < -0.39 is 5.97 Å². The van der Waals surface area contributed by atoms with Gasteiger partial charge in [0.1, 0.15) is 5.69 Å². The van der Waals surface area contributed by atoms with E-state index in [9.17, 15) is 4.79 Å². The predicted molar refractivity (Wildman–Crippen MR) is 72.1 cm³/mol. The van der Waals surface area contributed by atoms with E-state index in [1.807, 2.05) is 20.0 Å². The predicted octanol–water partition coefficient (Wildman–Crippen LogP) is 2.27. The summed E-state index contributed by atoms with van der Waals surface area (Å²) in [5.41, 5.74) is 1.50. The van der Waals surface area contributed by atoms with E-state index in [2.05, 4.69) is 24.0 Å². The van der Waals surface area contributed by atoms with Crippen molar-refractivity contribution < 1.29 is 14.1 Å². The van der Waals surface area contributed by atoms with E-state index >= 15 is 0 Å². The molecule has 6 heteroatoms. The van der Waals surface area contributed by atoms with Crippen molar-refractivity contribution in [2.75, 3.05) is 0 Å². The summed E-state index contributed by atoms with van der Waals surface area (Å²) in [7, 11) is 1.82. The highest BCUT2D eigenvalue weighted by atomic mass is 16.6. The highest BCUT2D eigenvalue weighted by Crippen LogP contribution is 2.10. The van der Waals surface area contributed by atoms with Crippen LogP contribution < -0.4 is 0 Å². The first-order valence-electron chi connectivity index (χ1n) is 6.58. The third kappa shape index (κ3) is 3.26. The quantitative estimate of drug-likeness (QED) is 0.784. The zero-order chi connectivity index (χ0) is 14.7. The second-order valence-electron chi connectivity index (χ2n) is 5.20. The highest BCUT2D eigenvalue weighted by molar-refractivity contribution is 5.87. The number of esters is 1. The maximum atomic E-state index is 11.9. The molecule has 0 N–H and O–H groups in total. The number of ether oxygens (including phenoxy) is 1. The van der Waals surface area contributed by atoms with Gasteiger partial charge in [-0.15, -0.1) is 0 Å². The third-order valence-corrected chi connectivity index (χ3v) is 3.01. The molecule has 0 aliphatic rings. The van der Waals surface area contributed by atoms with Gasteiger partial charge in [-0.05, 0) is 25.0 Å². The maximum absolute atomic E-state index is 11.9. The Kier molecular flexibility index (Phi) is 4.22. The number of aromatic nitrogens is 3. The van der Waals surface area contributed by atoms with E-state index in [0.29, 0.717) is 23.3 Å². The van der Waals surface area contributed by atoms with Crippen LogP contribution in [0.15, 0.2) is 16.7 Å². The summed E-state index contributed by atoms with van der Waals surface area (Å²) in [4.78, 5) is 16.1. The lowest BCUT2D eigenvalue weighted by atomic mass is 10.1. The fourth-order valence-corrected chi connectivity index (χ4v) is 1.82. The van der Waals surface area contributed by atoms with E-state index in [1.165, 1.54) is 0 Å². The molecule has 2 heterocycles. The second-order valence-corrected chi connectivity index (χ2v) is 5.20. The van der Waals surface area contributed by atoms with Gasteiger partial charge in [0.25, 0.3) is 5.89 Å². The average Bonchev–Trinajstić information content (AvgIpc) is 2.95. The molecule has 2 aromatic rings. The van der Waals surface area contributed by atoms with Crippen LogP contribution in [0.25, 0.3) is 0 Å². The van der Waals surface area contributed by atoms with Crippen LogP contribution in [-0.2, 0) is 24.8 Å². The lowest BCUT2D eigenvalue weighted by molar-refractivity contribution is 0.0418. The fourth-order valence-electron chi connectivity index (χ4n) is 1.82. The molecule has 0 spiro atoms. The van der Waals surface area contributed by atoms with Crippen molar-refractivity contribution in [1.29, 1.82) is 0 Å². The molecule has 0 fully saturated rings. The second kappa shape index (κ2) is 5.90. The molecule has 0 aliphatic heterocycles. The first-order valence-corrected chi connectivity index (χ1v) is 6.58. The smallest absolute Gasteiger partial charge is 0.355 e. The highest BCUT2D eigenvalue weighted by Gasteiger charge is 2.15. The zero-order valence-corrected chi connectivity index (χ0v) is 12.2. The van der Waals surface area contributed by atoms with Crippen LogP contribution >= 0.6 is 0 Å². The van der Waals surface area contributed by atoms with Crippen LogP contribution in [-0.4, -0.2) is 20.7 Å². The number of hydrogen-bond donors (Lipinski definition) is 0. The first kappa shape index (κ1) is 14.3. The largest absolute Gasteiger partial charge is 0.451 e. The van der Waals surface area contributed by atoms with Crippen LogP contribution in [0.1, 0.15) is 41.7 Å². The minimum Gasteiger partial charge on any atom is -0.451 e. The van der Waals surface area contributed by atoms with Gasteiger partial charge in [0.05, 0.1) is 0 Å². The molecule has 0 aliphatic carbocycles. The lowest BCUT2D eigenvalue weighted by Crippen LogP contribution is -2.10. The fraction of sp³-hybridized carbons (Fsp3) is 0.500. The molecule has 0 amide bonds. The van der Waals surface area contributed by atoms with Gasteiger partial charge in [0.15, 0.2) is 12.4 Å². The lowest BCUT2D eigenvalue weighted by Gasteiger charge is -2.04. The molecule has 108 valence electrons. The summed E-state index contributed by atoms with van der Waals surface area (Å²) >= 11 is 0. The first-order chi connectivity index (χ1) is 9.47. The number of carbonyl (C=O) groups excluding carboxylic acids is 1. The molecule has 0 aromatic carbocycles. The molecule has 0 saturated carbocycles. The van der Waals surface area contributed by atoms with Crippen molar-refractivity contribution in [3.05, 3.63) is 35.2 Å². The Morgan fingerprint density at radius 3 is 2.80 bits per heavy atom.